The molecule has 3 rings (SSSR count). The van der Waals surface area contributed by atoms with E-state index in [9.17, 15) is 9.59 Å². The minimum atomic E-state index is -0.266. The van der Waals surface area contributed by atoms with Crippen molar-refractivity contribution in [3.63, 3.8) is 0 Å². The predicted molar refractivity (Wildman–Crippen MR) is 125 cm³/mol. The van der Waals surface area contributed by atoms with E-state index in [0.717, 1.165) is 0 Å². The molecular formula is C20H18Cl3N5O2S. The van der Waals surface area contributed by atoms with E-state index in [1.54, 1.807) is 47.0 Å². The fourth-order valence-electron chi connectivity index (χ4n) is 2.68. The van der Waals surface area contributed by atoms with E-state index in [2.05, 4.69) is 20.8 Å². The van der Waals surface area contributed by atoms with Gasteiger partial charge in [0.15, 0.2) is 5.16 Å². The van der Waals surface area contributed by atoms with Gasteiger partial charge in [-0.05, 0) is 37.3 Å². The Morgan fingerprint density at radius 1 is 0.968 bits per heavy atom. The van der Waals surface area contributed by atoms with Gasteiger partial charge < -0.3 is 15.2 Å². The molecule has 0 aliphatic carbocycles. The lowest BCUT2D eigenvalue weighted by atomic mass is 10.3. The van der Waals surface area contributed by atoms with Crippen LogP contribution in [0.1, 0.15) is 12.7 Å². The quantitative estimate of drug-likeness (QED) is 0.418. The van der Waals surface area contributed by atoms with Crippen LogP contribution in [0.15, 0.2) is 47.6 Å². The van der Waals surface area contributed by atoms with Crippen molar-refractivity contribution in [3.05, 3.63) is 63.4 Å². The van der Waals surface area contributed by atoms with Crippen LogP contribution in [0.4, 0.5) is 11.4 Å². The molecule has 0 bridgehead atoms. The smallest absolute Gasteiger partial charge is 0.234 e. The zero-order valence-corrected chi connectivity index (χ0v) is 19.4. The second-order valence-electron chi connectivity index (χ2n) is 6.31. The lowest BCUT2D eigenvalue weighted by Crippen LogP contribution is -2.18. The lowest BCUT2D eigenvalue weighted by molar-refractivity contribution is -0.116. The number of aromatic nitrogens is 3. The highest BCUT2D eigenvalue weighted by molar-refractivity contribution is 7.99. The summed E-state index contributed by atoms with van der Waals surface area (Å²) in [5.74, 6) is 0.0538. The van der Waals surface area contributed by atoms with Crippen molar-refractivity contribution in [1.29, 1.82) is 0 Å². The lowest BCUT2D eigenvalue weighted by Gasteiger charge is -2.09. The number of nitrogens with one attached hydrogen (secondary N) is 2. The van der Waals surface area contributed by atoms with Gasteiger partial charge in [0.25, 0.3) is 0 Å². The minimum absolute atomic E-state index is 0.0247. The first-order valence-corrected chi connectivity index (χ1v) is 11.3. The molecule has 0 saturated heterocycles. The molecule has 2 aromatic carbocycles. The Hall–Kier alpha value is -2.26. The Morgan fingerprint density at radius 2 is 1.68 bits per heavy atom. The topological polar surface area (TPSA) is 88.9 Å². The maximum Gasteiger partial charge on any atom is 0.234 e. The molecular weight excluding hydrogens is 481 g/mol. The first-order valence-electron chi connectivity index (χ1n) is 9.21. The van der Waals surface area contributed by atoms with E-state index in [1.807, 2.05) is 6.92 Å². The number of carbonyl (C=O) groups is 2. The summed E-state index contributed by atoms with van der Waals surface area (Å²) in [5, 5.41) is 15.6. The maximum atomic E-state index is 12.4. The number of rotatable bonds is 8. The second-order valence-corrected chi connectivity index (χ2v) is 8.50. The van der Waals surface area contributed by atoms with E-state index in [0.29, 0.717) is 44.0 Å². The SMILES string of the molecule is CCn1c(CC(=O)Nc2ccccc2Cl)nnc1SCC(=O)Nc1cc(Cl)ccc1Cl. The number of nitrogens with zero attached hydrogens (tertiary/aromatic N) is 3. The van der Waals surface area contributed by atoms with Gasteiger partial charge in [0.05, 0.1) is 33.6 Å². The van der Waals surface area contributed by atoms with Gasteiger partial charge >= 0.3 is 0 Å². The molecule has 2 N–H and O–H groups in total. The highest BCUT2D eigenvalue weighted by atomic mass is 35.5. The fraction of sp³-hybridized carbons (Fsp3) is 0.200. The van der Waals surface area contributed by atoms with Crippen LogP contribution in [0.3, 0.4) is 0 Å². The van der Waals surface area contributed by atoms with Gasteiger partial charge in [-0.1, -0.05) is 58.7 Å². The van der Waals surface area contributed by atoms with Crippen molar-refractivity contribution in [2.45, 2.75) is 25.0 Å². The Morgan fingerprint density at radius 3 is 2.42 bits per heavy atom. The fourth-order valence-corrected chi connectivity index (χ4v) is 4.03. The van der Waals surface area contributed by atoms with Gasteiger partial charge in [-0.3, -0.25) is 9.59 Å². The summed E-state index contributed by atoms with van der Waals surface area (Å²) >= 11 is 19.3. The van der Waals surface area contributed by atoms with Crippen LogP contribution in [0.2, 0.25) is 15.1 Å². The molecule has 1 heterocycles. The van der Waals surface area contributed by atoms with Gasteiger partial charge in [-0.2, -0.15) is 0 Å². The molecule has 162 valence electrons. The van der Waals surface area contributed by atoms with Crippen LogP contribution >= 0.6 is 46.6 Å². The molecule has 1 aromatic heterocycles. The summed E-state index contributed by atoms with van der Waals surface area (Å²) in [7, 11) is 0. The van der Waals surface area contributed by atoms with Gasteiger partial charge in [0.1, 0.15) is 5.82 Å². The first-order chi connectivity index (χ1) is 14.9. The zero-order valence-electron chi connectivity index (χ0n) is 16.4. The summed E-state index contributed by atoms with van der Waals surface area (Å²) in [6.07, 6.45) is 0.0247. The van der Waals surface area contributed by atoms with E-state index in [-0.39, 0.29) is 24.0 Å². The summed E-state index contributed by atoms with van der Waals surface area (Å²) in [6.45, 7) is 2.46. The van der Waals surface area contributed by atoms with E-state index in [4.69, 9.17) is 34.8 Å². The van der Waals surface area contributed by atoms with Crippen LogP contribution in [0.5, 0.6) is 0 Å². The molecule has 11 heteroatoms. The largest absolute Gasteiger partial charge is 0.324 e. The average molecular weight is 499 g/mol. The number of carbonyl (C=O) groups excluding carboxylic acids is 2. The number of anilines is 2. The highest BCUT2D eigenvalue weighted by Crippen LogP contribution is 2.26. The van der Waals surface area contributed by atoms with Crippen LogP contribution < -0.4 is 10.6 Å². The summed E-state index contributed by atoms with van der Waals surface area (Å²) < 4.78 is 1.79. The Balaban J connectivity index is 1.60. The number of halogens is 3. The molecule has 2 amide bonds. The molecule has 7 nitrogen and oxygen atoms in total. The van der Waals surface area contributed by atoms with Gasteiger partial charge in [-0.15, -0.1) is 10.2 Å². The third-order valence-corrected chi connectivity index (χ3v) is 5.97. The van der Waals surface area contributed by atoms with Gasteiger partial charge in [0, 0.05) is 11.6 Å². The monoisotopic (exact) mass is 497 g/mol. The van der Waals surface area contributed by atoms with Crippen LogP contribution in [0.25, 0.3) is 0 Å². The molecule has 0 spiro atoms. The first kappa shape index (κ1) is 23.4. The predicted octanol–water partition coefficient (Wildman–Crippen LogP) is 5.17. The molecule has 0 aliphatic rings. The zero-order chi connectivity index (χ0) is 22.4. The molecule has 3 aromatic rings. The molecule has 0 unspecified atom stereocenters. The minimum Gasteiger partial charge on any atom is -0.324 e. The van der Waals surface area contributed by atoms with E-state index in [1.165, 1.54) is 11.8 Å². The van der Waals surface area contributed by atoms with Crippen LogP contribution in [0, 0.1) is 0 Å². The summed E-state index contributed by atoms with van der Waals surface area (Å²) in [5.41, 5.74) is 0.969. The van der Waals surface area contributed by atoms with Crippen molar-refractivity contribution in [2.24, 2.45) is 0 Å². The van der Waals surface area contributed by atoms with E-state index >= 15 is 0 Å². The van der Waals surface area contributed by atoms with E-state index < -0.39 is 0 Å². The summed E-state index contributed by atoms with van der Waals surface area (Å²) in [6, 6.07) is 11.8. The Kier molecular flexibility index (Phi) is 8.20. The molecule has 31 heavy (non-hydrogen) atoms. The van der Waals surface area contributed by atoms with Crippen molar-refractivity contribution in [3.8, 4) is 0 Å². The maximum absolute atomic E-state index is 12.4. The third kappa shape index (κ3) is 6.36. The number of hydrogen-bond donors (Lipinski definition) is 2. The molecule has 0 aliphatic heterocycles. The third-order valence-electron chi connectivity index (χ3n) is 4.11. The Bertz CT molecular complexity index is 1110. The molecule has 0 atom stereocenters. The highest BCUT2D eigenvalue weighted by Gasteiger charge is 2.17. The molecule has 0 radical (unpaired) electrons. The van der Waals surface area contributed by atoms with Crippen molar-refractivity contribution in [1.82, 2.24) is 14.8 Å². The van der Waals surface area contributed by atoms with Crippen molar-refractivity contribution >= 4 is 69.8 Å². The molecule has 0 saturated carbocycles. The summed E-state index contributed by atoms with van der Waals surface area (Å²) in [4.78, 5) is 24.7. The van der Waals surface area contributed by atoms with Crippen LogP contribution in [-0.4, -0.2) is 32.3 Å². The number of hydrogen-bond acceptors (Lipinski definition) is 5. The van der Waals surface area contributed by atoms with Gasteiger partial charge in [0.2, 0.25) is 11.8 Å². The Labute approximate surface area is 198 Å². The van der Waals surface area contributed by atoms with Crippen LogP contribution in [-0.2, 0) is 22.6 Å². The number of benzene rings is 2. The van der Waals surface area contributed by atoms with Gasteiger partial charge in [-0.25, -0.2) is 0 Å². The van der Waals surface area contributed by atoms with Crippen molar-refractivity contribution < 1.29 is 9.59 Å². The second kappa shape index (κ2) is 10.9. The van der Waals surface area contributed by atoms with Crippen molar-refractivity contribution in [2.75, 3.05) is 16.4 Å². The number of amides is 2. The average Bonchev–Trinajstić information content (AvgIpc) is 3.12. The standard InChI is InChI=1S/C20H18Cl3N5O2S/c1-2-28-17(10-18(29)24-15-6-4-3-5-13(15)22)26-27-20(28)31-11-19(30)25-16-9-12(21)7-8-14(16)23/h3-9H,2,10-11H2,1H3,(H,24,29)(H,25,30). The number of thioether (sulfide) groups is 1. The number of para-hydroxylation sites is 1. The molecule has 0 fully saturated rings. The normalized spacial score (nSPS) is 10.7.